The minimum absolute atomic E-state index is 0.0150. The van der Waals surface area contributed by atoms with E-state index in [1.807, 2.05) is 12.1 Å². The third-order valence-corrected chi connectivity index (χ3v) is 4.04. The Hall–Kier alpha value is -1.70. The van der Waals surface area contributed by atoms with E-state index in [2.05, 4.69) is 22.5 Å². The third kappa shape index (κ3) is 7.81. The van der Waals surface area contributed by atoms with Gasteiger partial charge in [-0.05, 0) is 25.0 Å². The van der Waals surface area contributed by atoms with E-state index >= 15 is 0 Å². The van der Waals surface area contributed by atoms with Crippen LogP contribution in [0, 0.1) is 0 Å². The van der Waals surface area contributed by atoms with E-state index in [-0.39, 0.29) is 6.04 Å². The summed E-state index contributed by atoms with van der Waals surface area (Å²) in [4.78, 5) is 5.95. The fraction of sp³-hybridized carbons (Fsp3) is 0.706. The van der Waals surface area contributed by atoms with E-state index in [9.17, 15) is 13.2 Å². The highest BCUT2D eigenvalue weighted by molar-refractivity contribution is 5.80. The first kappa shape index (κ1) is 19.6. The first-order valence-corrected chi connectivity index (χ1v) is 8.82. The standard InChI is InChI=1S/C17H27F3N4O/c1-2-3-8-21-16(22-9-6-15-5-4-11-25-15)23-14-7-10-24(12-14)13-17(18,19)20/h4-5,11,14H,2-3,6-10,12-13H2,1H3,(H2,21,22,23). The molecule has 25 heavy (non-hydrogen) atoms. The van der Waals surface area contributed by atoms with Crippen LogP contribution in [0.15, 0.2) is 27.8 Å². The molecule has 2 N–H and O–H groups in total. The van der Waals surface area contributed by atoms with Crippen LogP contribution in [-0.4, -0.2) is 55.8 Å². The average molecular weight is 360 g/mol. The van der Waals surface area contributed by atoms with Crippen molar-refractivity contribution in [2.75, 3.05) is 32.7 Å². The van der Waals surface area contributed by atoms with Crippen molar-refractivity contribution in [3.8, 4) is 0 Å². The maximum absolute atomic E-state index is 12.5. The van der Waals surface area contributed by atoms with Crippen molar-refractivity contribution in [1.29, 1.82) is 0 Å². The van der Waals surface area contributed by atoms with E-state index in [1.54, 1.807) is 6.26 Å². The minimum Gasteiger partial charge on any atom is -0.469 e. The monoisotopic (exact) mass is 360 g/mol. The van der Waals surface area contributed by atoms with Crippen molar-refractivity contribution < 1.29 is 17.6 Å². The zero-order valence-corrected chi connectivity index (χ0v) is 14.6. The maximum atomic E-state index is 12.5. The number of alkyl halides is 3. The summed E-state index contributed by atoms with van der Waals surface area (Å²) in [6, 6.07) is 3.74. The van der Waals surface area contributed by atoms with Gasteiger partial charge in [-0.1, -0.05) is 13.3 Å². The number of guanidine groups is 1. The lowest BCUT2D eigenvalue weighted by Gasteiger charge is -2.20. The molecule has 1 aromatic rings. The summed E-state index contributed by atoms with van der Waals surface area (Å²) in [6.45, 7) is 3.44. The lowest BCUT2D eigenvalue weighted by Crippen LogP contribution is -2.45. The molecule has 1 atom stereocenters. The molecule has 142 valence electrons. The number of hydrogen-bond acceptors (Lipinski definition) is 3. The van der Waals surface area contributed by atoms with E-state index in [0.717, 1.165) is 25.0 Å². The molecule has 1 unspecified atom stereocenters. The first-order chi connectivity index (χ1) is 12.0. The van der Waals surface area contributed by atoms with E-state index in [4.69, 9.17) is 4.42 Å². The Labute approximate surface area is 146 Å². The number of nitrogens with one attached hydrogen (secondary N) is 2. The van der Waals surface area contributed by atoms with E-state index in [0.29, 0.717) is 38.6 Å². The fourth-order valence-electron chi connectivity index (χ4n) is 2.80. The van der Waals surface area contributed by atoms with E-state index in [1.165, 1.54) is 4.90 Å². The Morgan fingerprint density at radius 2 is 2.28 bits per heavy atom. The molecule has 1 fully saturated rings. The van der Waals surface area contributed by atoms with Crippen molar-refractivity contribution in [2.45, 2.75) is 44.8 Å². The van der Waals surface area contributed by atoms with Gasteiger partial charge in [0.15, 0.2) is 5.96 Å². The summed E-state index contributed by atoms with van der Waals surface area (Å²) in [5, 5.41) is 6.52. The highest BCUT2D eigenvalue weighted by Crippen LogP contribution is 2.19. The van der Waals surface area contributed by atoms with Crippen molar-refractivity contribution in [1.82, 2.24) is 15.5 Å². The lowest BCUT2D eigenvalue weighted by atomic mass is 10.2. The normalized spacial score (nSPS) is 19.4. The number of aliphatic imine (C=N–C) groups is 1. The molecule has 0 bridgehead atoms. The number of furan rings is 1. The van der Waals surface area contributed by atoms with Gasteiger partial charge in [-0.2, -0.15) is 13.2 Å². The first-order valence-electron chi connectivity index (χ1n) is 8.82. The van der Waals surface area contributed by atoms with Crippen molar-refractivity contribution in [3.63, 3.8) is 0 Å². The lowest BCUT2D eigenvalue weighted by molar-refractivity contribution is -0.143. The van der Waals surface area contributed by atoms with Gasteiger partial charge in [0.2, 0.25) is 0 Å². The highest BCUT2D eigenvalue weighted by Gasteiger charge is 2.34. The van der Waals surface area contributed by atoms with Gasteiger partial charge in [0.25, 0.3) is 0 Å². The quantitative estimate of drug-likeness (QED) is 0.425. The second-order valence-electron chi connectivity index (χ2n) is 6.32. The molecule has 1 aliphatic heterocycles. The predicted molar refractivity (Wildman–Crippen MR) is 91.7 cm³/mol. The van der Waals surface area contributed by atoms with Gasteiger partial charge >= 0.3 is 6.18 Å². The Morgan fingerprint density at radius 3 is 2.96 bits per heavy atom. The molecule has 0 aromatic carbocycles. The molecule has 5 nitrogen and oxygen atoms in total. The van der Waals surface area contributed by atoms with Gasteiger partial charge in [-0.3, -0.25) is 9.89 Å². The largest absolute Gasteiger partial charge is 0.469 e. The summed E-state index contributed by atoms with van der Waals surface area (Å²) >= 11 is 0. The van der Waals surface area contributed by atoms with Gasteiger partial charge in [-0.15, -0.1) is 0 Å². The molecule has 8 heteroatoms. The Bertz CT molecular complexity index is 516. The maximum Gasteiger partial charge on any atom is 0.401 e. The summed E-state index contributed by atoms with van der Waals surface area (Å²) < 4.78 is 42.8. The number of unbranched alkanes of at least 4 members (excludes halogenated alkanes) is 1. The van der Waals surface area contributed by atoms with Crippen LogP contribution in [0.4, 0.5) is 13.2 Å². The van der Waals surface area contributed by atoms with Crippen LogP contribution in [0.5, 0.6) is 0 Å². The molecule has 1 aromatic heterocycles. The summed E-state index contributed by atoms with van der Waals surface area (Å²) in [6.07, 6.45) is 0.933. The molecule has 2 heterocycles. The number of likely N-dealkylation sites (tertiary alicyclic amines) is 1. The van der Waals surface area contributed by atoms with Crippen LogP contribution in [-0.2, 0) is 6.42 Å². The van der Waals surface area contributed by atoms with Gasteiger partial charge in [0, 0.05) is 38.6 Å². The van der Waals surface area contributed by atoms with Crippen molar-refractivity contribution in [3.05, 3.63) is 24.2 Å². The molecule has 0 spiro atoms. The summed E-state index contributed by atoms with van der Waals surface area (Å²) in [7, 11) is 0. The van der Waals surface area contributed by atoms with Crippen LogP contribution in [0.25, 0.3) is 0 Å². The highest BCUT2D eigenvalue weighted by atomic mass is 19.4. The van der Waals surface area contributed by atoms with Crippen LogP contribution in [0.2, 0.25) is 0 Å². The van der Waals surface area contributed by atoms with Crippen LogP contribution >= 0.6 is 0 Å². The fourth-order valence-corrected chi connectivity index (χ4v) is 2.80. The molecular weight excluding hydrogens is 333 g/mol. The molecule has 1 aliphatic rings. The minimum atomic E-state index is -4.14. The smallest absolute Gasteiger partial charge is 0.401 e. The molecule has 0 amide bonds. The Morgan fingerprint density at radius 1 is 1.44 bits per heavy atom. The number of rotatable bonds is 8. The van der Waals surface area contributed by atoms with Crippen LogP contribution in [0.1, 0.15) is 31.9 Å². The molecule has 1 saturated heterocycles. The number of hydrogen-bond donors (Lipinski definition) is 2. The van der Waals surface area contributed by atoms with E-state index < -0.39 is 12.7 Å². The third-order valence-electron chi connectivity index (χ3n) is 4.04. The zero-order chi connectivity index (χ0) is 18.1. The van der Waals surface area contributed by atoms with Gasteiger partial charge in [-0.25, -0.2) is 0 Å². The number of nitrogens with zero attached hydrogens (tertiary/aromatic N) is 2. The Kier molecular flexibility index (Phi) is 7.61. The molecular formula is C17H27F3N4O. The number of halogens is 3. The van der Waals surface area contributed by atoms with Crippen LogP contribution in [0.3, 0.4) is 0 Å². The second kappa shape index (κ2) is 9.70. The van der Waals surface area contributed by atoms with Crippen LogP contribution < -0.4 is 10.6 Å². The average Bonchev–Trinajstić information content (AvgIpc) is 3.18. The van der Waals surface area contributed by atoms with Crippen molar-refractivity contribution in [2.24, 2.45) is 4.99 Å². The Balaban J connectivity index is 1.80. The topological polar surface area (TPSA) is 52.8 Å². The molecule has 0 saturated carbocycles. The van der Waals surface area contributed by atoms with Gasteiger partial charge in [0.05, 0.1) is 12.8 Å². The molecule has 0 radical (unpaired) electrons. The molecule has 0 aliphatic carbocycles. The van der Waals surface area contributed by atoms with Gasteiger partial charge in [0.1, 0.15) is 5.76 Å². The predicted octanol–water partition coefficient (Wildman–Crippen LogP) is 2.79. The molecule has 2 rings (SSSR count). The van der Waals surface area contributed by atoms with Crippen molar-refractivity contribution >= 4 is 5.96 Å². The SMILES string of the molecule is CCCCN=C(NCCc1ccco1)NC1CCN(CC(F)(F)F)C1. The summed E-state index contributed by atoms with van der Waals surface area (Å²) in [5.74, 6) is 1.55. The zero-order valence-electron chi connectivity index (χ0n) is 14.6. The second-order valence-corrected chi connectivity index (χ2v) is 6.32. The van der Waals surface area contributed by atoms with Gasteiger partial charge < -0.3 is 15.1 Å². The summed E-state index contributed by atoms with van der Waals surface area (Å²) in [5.41, 5.74) is 0.